The summed E-state index contributed by atoms with van der Waals surface area (Å²) in [5.74, 6) is 0.480. The molecule has 0 saturated carbocycles. The summed E-state index contributed by atoms with van der Waals surface area (Å²) in [6, 6.07) is 12.4. The third-order valence-corrected chi connectivity index (χ3v) is 6.05. The fraction of sp³-hybridized carbons (Fsp3) is 0.240. The Bertz CT molecular complexity index is 1220. The van der Waals surface area contributed by atoms with Crippen LogP contribution in [0.25, 0.3) is 0 Å². The van der Waals surface area contributed by atoms with Crippen LogP contribution < -0.4 is 18.9 Å². The van der Waals surface area contributed by atoms with Gasteiger partial charge in [-0.05, 0) is 59.5 Å². The van der Waals surface area contributed by atoms with E-state index in [9.17, 15) is 14.3 Å². The highest BCUT2D eigenvalue weighted by Crippen LogP contribution is 2.46. The fourth-order valence-electron chi connectivity index (χ4n) is 4.45. The zero-order valence-corrected chi connectivity index (χ0v) is 18.1. The molecule has 8 heteroatoms. The van der Waals surface area contributed by atoms with Gasteiger partial charge in [0.2, 0.25) is 12.5 Å². The molecule has 1 N–H and O–H groups in total. The average molecular weight is 451 g/mol. The Morgan fingerprint density at radius 3 is 2.39 bits per heavy atom. The number of rotatable bonds is 4. The maximum Gasteiger partial charge on any atom is 0.257 e. The van der Waals surface area contributed by atoms with Crippen molar-refractivity contribution in [3.63, 3.8) is 0 Å². The highest BCUT2D eigenvalue weighted by Gasteiger charge is 2.36. The van der Waals surface area contributed by atoms with Gasteiger partial charge in [0.15, 0.2) is 23.0 Å². The molecule has 2 aliphatic rings. The Morgan fingerprint density at radius 1 is 1.06 bits per heavy atom. The lowest BCUT2D eigenvalue weighted by Crippen LogP contribution is -2.41. The lowest BCUT2D eigenvalue weighted by atomic mass is 9.87. The molecule has 0 aromatic heterocycles. The number of nitrogens with zero attached hydrogens (tertiary/aromatic N) is 1. The molecule has 170 valence electrons. The van der Waals surface area contributed by atoms with Crippen molar-refractivity contribution < 1.29 is 33.2 Å². The summed E-state index contributed by atoms with van der Waals surface area (Å²) < 4.78 is 36.3. The van der Waals surface area contributed by atoms with Crippen molar-refractivity contribution in [3.05, 3.63) is 76.6 Å². The van der Waals surface area contributed by atoms with E-state index in [1.54, 1.807) is 29.2 Å². The van der Waals surface area contributed by atoms with Crippen LogP contribution in [0.4, 0.5) is 4.39 Å². The zero-order valence-electron chi connectivity index (χ0n) is 18.1. The molecule has 7 nitrogen and oxygen atoms in total. The minimum absolute atomic E-state index is 0.00981. The summed E-state index contributed by atoms with van der Waals surface area (Å²) in [5.41, 5.74) is 2.45. The Kier molecular flexibility index (Phi) is 5.20. The molecule has 0 bridgehead atoms. The fourth-order valence-corrected chi connectivity index (χ4v) is 4.45. The van der Waals surface area contributed by atoms with Gasteiger partial charge in [0.1, 0.15) is 5.82 Å². The number of carbonyl (C=O) groups is 1. The first-order valence-corrected chi connectivity index (χ1v) is 10.4. The number of aromatic hydroxyl groups is 1. The molecular weight excluding hydrogens is 429 g/mol. The number of methoxy groups -OCH3 is 2. The Morgan fingerprint density at radius 2 is 1.73 bits per heavy atom. The first-order valence-electron chi connectivity index (χ1n) is 10.4. The molecule has 3 aromatic rings. The smallest absolute Gasteiger partial charge is 0.257 e. The minimum Gasteiger partial charge on any atom is -0.502 e. The highest BCUT2D eigenvalue weighted by molar-refractivity contribution is 5.95. The Labute approximate surface area is 189 Å². The molecule has 0 aliphatic carbocycles. The van der Waals surface area contributed by atoms with E-state index in [2.05, 4.69) is 0 Å². The molecule has 0 spiro atoms. The molecule has 3 aromatic carbocycles. The van der Waals surface area contributed by atoms with Crippen LogP contribution in [0.3, 0.4) is 0 Å². The van der Waals surface area contributed by atoms with Crippen molar-refractivity contribution in [2.45, 2.75) is 12.5 Å². The summed E-state index contributed by atoms with van der Waals surface area (Å²) in [4.78, 5) is 15.2. The third-order valence-electron chi connectivity index (χ3n) is 6.05. The first-order chi connectivity index (χ1) is 16.0. The summed E-state index contributed by atoms with van der Waals surface area (Å²) in [7, 11) is 2.88. The van der Waals surface area contributed by atoms with Crippen LogP contribution in [0, 0.1) is 5.82 Å². The SMILES string of the molecule is COc1cc(C2c3cc4c(cc3CCN2C(=O)c2ccccc2F)OCO4)cc(OC)c1O. The number of amides is 1. The molecule has 1 amide bonds. The second-order valence-corrected chi connectivity index (χ2v) is 7.81. The molecule has 1 atom stereocenters. The number of fused-ring (bicyclic) bond motifs is 2. The zero-order chi connectivity index (χ0) is 23.1. The van der Waals surface area contributed by atoms with Crippen molar-refractivity contribution in [2.75, 3.05) is 27.6 Å². The van der Waals surface area contributed by atoms with Gasteiger partial charge in [-0.15, -0.1) is 0 Å². The van der Waals surface area contributed by atoms with E-state index < -0.39 is 17.8 Å². The molecule has 2 heterocycles. The van der Waals surface area contributed by atoms with Crippen LogP contribution >= 0.6 is 0 Å². The van der Waals surface area contributed by atoms with Gasteiger partial charge in [-0.2, -0.15) is 0 Å². The van der Waals surface area contributed by atoms with Crippen LogP contribution in [-0.4, -0.2) is 43.5 Å². The van der Waals surface area contributed by atoms with Crippen LogP contribution in [0.2, 0.25) is 0 Å². The number of benzene rings is 3. The lowest BCUT2D eigenvalue weighted by Gasteiger charge is -2.38. The van der Waals surface area contributed by atoms with Gasteiger partial charge in [-0.1, -0.05) is 12.1 Å². The summed E-state index contributed by atoms with van der Waals surface area (Å²) in [6.45, 7) is 0.484. The van der Waals surface area contributed by atoms with Crippen LogP contribution in [0.15, 0.2) is 48.5 Å². The number of carbonyl (C=O) groups excluding carboxylic acids is 1. The van der Waals surface area contributed by atoms with E-state index in [1.807, 2.05) is 12.1 Å². The number of phenols is 1. The second-order valence-electron chi connectivity index (χ2n) is 7.81. The van der Waals surface area contributed by atoms with E-state index >= 15 is 0 Å². The first kappa shape index (κ1) is 20.9. The lowest BCUT2D eigenvalue weighted by molar-refractivity contribution is 0.0689. The quantitative estimate of drug-likeness (QED) is 0.645. The number of hydrogen-bond acceptors (Lipinski definition) is 6. The Balaban J connectivity index is 1.69. The number of halogens is 1. The third kappa shape index (κ3) is 3.47. The van der Waals surface area contributed by atoms with Gasteiger partial charge in [-0.25, -0.2) is 4.39 Å². The van der Waals surface area contributed by atoms with Gasteiger partial charge >= 0.3 is 0 Å². The molecule has 0 radical (unpaired) electrons. The van der Waals surface area contributed by atoms with Crippen molar-refractivity contribution in [3.8, 4) is 28.7 Å². The minimum atomic E-state index is -0.598. The molecule has 1 unspecified atom stereocenters. The molecule has 2 aliphatic heterocycles. The van der Waals surface area contributed by atoms with Crippen LogP contribution in [0.5, 0.6) is 28.7 Å². The van der Waals surface area contributed by atoms with E-state index in [4.69, 9.17) is 18.9 Å². The van der Waals surface area contributed by atoms with Crippen molar-refractivity contribution in [1.29, 1.82) is 0 Å². The maximum absolute atomic E-state index is 14.5. The van der Waals surface area contributed by atoms with E-state index in [1.165, 1.54) is 26.4 Å². The normalized spacial score (nSPS) is 16.3. The predicted molar refractivity (Wildman–Crippen MR) is 117 cm³/mol. The number of ether oxygens (including phenoxy) is 4. The highest BCUT2D eigenvalue weighted by atomic mass is 19.1. The van der Waals surface area contributed by atoms with Crippen LogP contribution in [0.1, 0.15) is 33.1 Å². The molecule has 33 heavy (non-hydrogen) atoms. The van der Waals surface area contributed by atoms with Gasteiger partial charge in [0.05, 0.1) is 25.8 Å². The molecule has 5 rings (SSSR count). The molecule has 0 saturated heterocycles. The van der Waals surface area contributed by atoms with Gasteiger partial charge in [-0.3, -0.25) is 4.79 Å². The second kappa shape index (κ2) is 8.20. The van der Waals surface area contributed by atoms with Gasteiger partial charge in [0, 0.05) is 6.54 Å². The van der Waals surface area contributed by atoms with Crippen LogP contribution in [-0.2, 0) is 6.42 Å². The number of hydrogen-bond donors (Lipinski definition) is 1. The largest absolute Gasteiger partial charge is 0.502 e. The maximum atomic E-state index is 14.5. The van der Waals surface area contributed by atoms with E-state index in [0.29, 0.717) is 30.0 Å². The van der Waals surface area contributed by atoms with E-state index in [0.717, 1.165) is 11.1 Å². The van der Waals surface area contributed by atoms with Crippen molar-refractivity contribution in [2.24, 2.45) is 0 Å². The summed E-state index contributed by atoms with van der Waals surface area (Å²) in [5, 5.41) is 10.4. The summed E-state index contributed by atoms with van der Waals surface area (Å²) in [6.07, 6.45) is 0.565. The average Bonchev–Trinajstić information content (AvgIpc) is 3.29. The van der Waals surface area contributed by atoms with Gasteiger partial charge in [0.25, 0.3) is 5.91 Å². The van der Waals surface area contributed by atoms with Gasteiger partial charge < -0.3 is 29.0 Å². The predicted octanol–water partition coefficient (Wildman–Crippen LogP) is 4.07. The van der Waals surface area contributed by atoms with Crippen molar-refractivity contribution in [1.82, 2.24) is 4.90 Å². The topological polar surface area (TPSA) is 77.5 Å². The van der Waals surface area contributed by atoms with E-state index in [-0.39, 0.29) is 29.6 Å². The summed E-state index contributed by atoms with van der Waals surface area (Å²) >= 11 is 0. The standard InChI is InChI=1S/C25H22FNO6/c1-30-21-10-15(11-22(31-2)24(21)28)23-17-12-20-19(32-13-33-20)9-14(17)7-8-27(23)25(29)16-5-3-4-6-18(16)26/h3-6,9-12,23,28H,7-8,13H2,1-2H3. The van der Waals surface area contributed by atoms with Crippen molar-refractivity contribution >= 4 is 5.91 Å². The molecular formula is C25H22FNO6. The number of phenolic OH excluding ortho intramolecular Hbond substituents is 1. The molecule has 0 fully saturated rings. The monoisotopic (exact) mass is 451 g/mol. The Hall–Kier alpha value is -3.94.